The van der Waals surface area contributed by atoms with Crippen LogP contribution in [0.15, 0.2) is 18.2 Å². The molecule has 1 N–H and O–H groups in total. The van der Waals surface area contributed by atoms with Crippen LogP contribution < -0.4 is 5.32 Å². The second kappa shape index (κ2) is 5.85. The van der Waals surface area contributed by atoms with Crippen molar-refractivity contribution >= 4 is 28.7 Å². The van der Waals surface area contributed by atoms with Gasteiger partial charge in [-0.1, -0.05) is 18.3 Å². The quantitative estimate of drug-likeness (QED) is 0.844. The molecule has 6 heteroatoms. The molecule has 0 amide bonds. The molecule has 0 spiro atoms. The third kappa shape index (κ3) is 2.88. The Bertz CT molecular complexity index is 586. The average Bonchev–Trinajstić information content (AvgIpc) is 2.29. The molecule has 1 rings (SSSR count). The minimum atomic E-state index is -1.10. The summed E-state index contributed by atoms with van der Waals surface area (Å²) in [6.07, 6.45) is 0. The lowest BCUT2D eigenvalue weighted by atomic mass is 10.1. The number of anilines is 1. The molecule has 0 radical (unpaired) electrons. The summed E-state index contributed by atoms with van der Waals surface area (Å²) >= 11 is 4.90. The van der Waals surface area contributed by atoms with E-state index in [1.165, 1.54) is 19.1 Å². The second-order valence-electron chi connectivity index (χ2n) is 3.44. The van der Waals surface area contributed by atoms with E-state index in [4.69, 9.17) is 22.7 Å². The summed E-state index contributed by atoms with van der Waals surface area (Å²) in [6, 6.07) is 7.42. The van der Waals surface area contributed by atoms with Gasteiger partial charge in [-0.15, -0.1) is 0 Å². The average molecular weight is 261 g/mol. The van der Waals surface area contributed by atoms with Crippen LogP contribution in [0.3, 0.4) is 0 Å². The van der Waals surface area contributed by atoms with Crippen molar-refractivity contribution in [1.29, 1.82) is 10.5 Å². The van der Waals surface area contributed by atoms with E-state index in [1.54, 1.807) is 12.1 Å². The van der Waals surface area contributed by atoms with Crippen molar-refractivity contribution in [1.82, 2.24) is 0 Å². The molecule has 0 saturated heterocycles. The molecule has 1 atom stereocenters. The molecule has 0 aliphatic carbocycles. The van der Waals surface area contributed by atoms with Gasteiger partial charge in [-0.3, -0.25) is 4.79 Å². The maximum atomic E-state index is 13.3. The Hall–Kier alpha value is -2.31. The van der Waals surface area contributed by atoms with Gasteiger partial charge in [-0.2, -0.15) is 10.5 Å². The van der Waals surface area contributed by atoms with Gasteiger partial charge in [0.05, 0.1) is 11.8 Å². The highest BCUT2D eigenvalue weighted by Crippen LogP contribution is 2.19. The van der Waals surface area contributed by atoms with Crippen LogP contribution in [0.1, 0.15) is 12.5 Å². The molecule has 0 aromatic heterocycles. The van der Waals surface area contributed by atoms with E-state index >= 15 is 0 Å². The summed E-state index contributed by atoms with van der Waals surface area (Å²) in [5.41, 5.74) is -0.0657. The molecule has 0 saturated carbocycles. The van der Waals surface area contributed by atoms with Crippen LogP contribution in [0, 0.1) is 34.4 Å². The maximum Gasteiger partial charge on any atom is 0.155 e. The van der Waals surface area contributed by atoms with E-state index in [0.29, 0.717) is 0 Å². The number of nitriles is 2. The standard InChI is InChI=1S/C12H8FN3OS/c1-7(17)8(5-14)12(18)16-11-4-2-3-10(13)9(11)6-15/h2-4,8H,1H3,(H,16,18). The molecule has 0 heterocycles. The number of thiocarbonyl (C=S) groups is 1. The number of ketones is 1. The summed E-state index contributed by atoms with van der Waals surface area (Å²) in [5, 5.41) is 20.2. The first-order valence-electron chi connectivity index (χ1n) is 4.90. The Labute approximate surface area is 109 Å². The molecule has 4 nitrogen and oxygen atoms in total. The number of carbonyl (C=O) groups is 1. The Morgan fingerprint density at radius 3 is 2.67 bits per heavy atom. The van der Waals surface area contributed by atoms with Gasteiger partial charge in [-0.25, -0.2) is 4.39 Å². The number of Topliss-reactive ketones (excluding diaryl/α,β-unsaturated/α-hetero) is 1. The van der Waals surface area contributed by atoms with Crippen LogP contribution in [0.4, 0.5) is 10.1 Å². The topological polar surface area (TPSA) is 76.7 Å². The number of nitrogens with one attached hydrogen (secondary N) is 1. The highest BCUT2D eigenvalue weighted by molar-refractivity contribution is 7.80. The fourth-order valence-corrected chi connectivity index (χ4v) is 1.61. The number of rotatable bonds is 3. The molecule has 0 aliphatic rings. The lowest BCUT2D eigenvalue weighted by Gasteiger charge is -2.11. The van der Waals surface area contributed by atoms with E-state index in [0.717, 1.165) is 6.07 Å². The van der Waals surface area contributed by atoms with E-state index in [-0.39, 0.29) is 16.2 Å². The molecule has 0 bridgehead atoms. The summed E-state index contributed by atoms with van der Waals surface area (Å²) < 4.78 is 13.3. The second-order valence-corrected chi connectivity index (χ2v) is 3.88. The number of carbonyl (C=O) groups excluding carboxylic acids is 1. The van der Waals surface area contributed by atoms with Crippen molar-refractivity contribution < 1.29 is 9.18 Å². The van der Waals surface area contributed by atoms with Gasteiger partial charge in [0, 0.05) is 0 Å². The van der Waals surface area contributed by atoms with Gasteiger partial charge < -0.3 is 5.32 Å². The zero-order valence-electron chi connectivity index (χ0n) is 9.40. The van der Waals surface area contributed by atoms with Crippen molar-refractivity contribution in [3.05, 3.63) is 29.6 Å². The highest BCUT2D eigenvalue weighted by Gasteiger charge is 2.20. The number of benzene rings is 1. The number of hydrogen-bond donors (Lipinski definition) is 1. The normalized spacial score (nSPS) is 10.9. The molecule has 1 aromatic rings. The van der Waals surface area contributed by atoms with Gasteiger partial charge in [0.25, 0.3) is 0 Å². The molecule has 0 fully saturated rings. The van der Waals surface area contributed by atoms with E-state index in [2.05, 4.69) is 5.32 Å². The minimum Gasteiger partial charge on any atom is -0.347 e. The Morgan fingerprint density at radius 1 is 1.50 bits per heavy atom. The molecule has 0 aliphatic heterocycles. The van der Waals surface area contributed by atoms with Crippen molar-refractivity contribution in [2.75, 3.05) is 5.32 Å². The van der Waals surface area contributed by atoms with Crippen LogP contribution >= 0.6 is 12.2 Å². The summed E-state index contributed by atoms with van der Waals surface area (Å²) in [7, 11) is 0. The zero-order chi connectivity index (χ0) is 13.7. The Balaban J connectivity index is 3.04. The first-order chi connectivity index (χ1) is 8.51. The summed E-state index contributed by atoms with van der Waals surface area (Å²) in [5.74, 6) is -2.21. The van der Waals surface area contributed by atoms with E-state index in [9.17, 15) is 9.18 Å². The molecule has 1 unspecified atom stereocenters. The van der Waals surface area contributed by atoms with Gasteiger partial charge in [0.15, 0.2) is 11.7 Å². The molecule has 18 heavy (non-hydrogen) atoms. The predicted octanol–water partition coefficient (Wildman–Crippen LogP) is 2.17. The van der Waals surface area contributed by atoms with Gasteiger partial charge in [0.1, 0.15) is 22.4 Å². The third-order valence-electron chi connectivity index (χ3n) is 2.18. The summed E-state index contributed by atoms with van der Waals surface area (Å²) in [4.78, 5) is 11.1. The molecular weight excluding hydrogens is 253 g/mol. The van der Waals surface area contributed by atoms with Gasteiger partial charge >= 0.3 is 0 Å². The first kappa shape index (κ1) is 13.8. The lowest BCUT2D eigenvalue weighted by Crippen LogP contribution is -2.25. The van der Waals surface area contributed by atoms with Crippen LogP contribution in [-0.4, -0.2) is 10.8 Å². The Kier molecular flexibility index (Phi) is 4.47. The molecule has 90 valence electrons. The fourth-order valence-electron chi connectivity index (χ4n) is 1.28. The first-order valence-corrected chi connectivity index (χ1v) is 5.31. The highest BCUT2D eigenvalue weighted by atomic mass is 32.1. The van der Waals surface area contributed by atoms with E-state index < -0.39 is 17.5 Å². The largest absolute Gasteiger partial charge is 0.347 e. The van der Waals surface area contributed by atoms with Crippen LogP contribution in [0.25, 0.3) is 0 Å². The van der Waals surface area contributed by atoms with Crippen molar-refractivity contribution in [2.45, 2.75) is 6.92 Å². The molecular formula is C12H8FN3OS. The predicted molar refractivity (Wildman–Crippen MR) is 67.1 cm³/mol. The third-order valence-corrected chi connectivity index (χ3v) is 2.52. The zero-order valence-corrected chi connectivity index (χ0v) is 10.2. The lowest BCUT2D eigenvalue weighted by molar-refractivity contribution is -0.117. The SMILES string of the molecule is CC(=O)C(C#N)C(=S)Nc1cccc(F)c1C#N. The van der Waals surface area contributed by atoms with E-state index in [1.807, 2.05) is 0 Å². The van der Waals surface area contributed by atoms with Gasteiger partial charge in [-0.05, 0) is 19.1 Å². The number of nitrogens with zero attached hydrogens (tertiary/aromatic N) is 2. The monoisotopic (exact) mass is 261 g/mol. The summed E-state index contributed by atoms with van der Waals surface area (Å²) in [6.45, 7) is 1.23. The minimum absolute atomic E-state index is 0.0490. The molecule has 1 aromatic carbocycles. The van der Waals surface area contributed by atoms with Crippen LogP contribution in [0.2, 0.25) is 0 Å². The number of halogens is 1. The van der Waals surface area contributed by atoms with Gasteiger partial charge in [0.2, 0.25) is 0 Å². The maximum absolute atomic E-state index is 13.3. The van der Waals surface area contributed by atoms with Crippen molar-refractivity contribution in [3.8, 4) is 12.1 Å². The van der Waals surface area contributed by atoms with Crippen LogP contribution in [0.5, 0.6) is 0 Å². The van der Waals surface area contributed by atoms with Crippen molar-refractivity contribution in [3.63, 3.8) is 0 Å². The Morgan fingerprint density at radius 2 is 2.17 bits per heavy atom. The van der Waals surface area contributed by atoms with Crippen molar-refractivity contribution in [2.24, 2.45) is 5.92 Å². The number of hydrogen-bond acceptors (Lipinski definition) is 4. The fraction of sp³-hybridized carbons (Fsp3) is 0.167. The smallest absolute Gasteiger partial charge is 0.155 e. The van der Waals surface area contributed by atoms with Crippen LogP contribution in [-0.2, 0) is 4.79 Å².